The summed E-state index contributed by atoms with van der Waals surface area (Å²) in [5.74, 6) is -1.17. The first kappa shape index (κ1) is 28.5. The van der Waals surface area contributed by atoms with Gasteiger partial charge in [-0.15, -0.1) is 0 Å². The molecular weight excluding hydrogens is 538 g/mol. The van der Waals surface area contributed by atoms with E-state index in [1.807, 2.05) is 45.0 Å². The Bertz CT molecular complexity index is 1770. The number of epoxide rings is 1. The minimum Gasteiger partial charge on any atom is -0.507 e. The Labute approximate surface area is 243 Å². The van der Waals surface area contributed by atoms with E-state index in [0.717, 1.165) is 0 Å². The zero-order valence-electron chi connectivity index (χ0n) is 24.8. The van der Waals surface area contributed by atoms with E-state index in [2.05, 4.69) is 0 Å². The minimum absolute atomic E-state index is 0.00287. The van der Waals surface area contributed by atoms with Gasteiger partial charge >= 0.3 is 0 Å². The van der Waals surface area contributed by atoms with Gasteiger partial charge in [0.2, 0.25) is 5.78 Å². The van der Waals surface area contributed by atoms with Gasteiger partial charge in [-0.05, 0) is 72.8 Å². The van der Waals surface area contributed by atoms with Gasteiger partial charge in [0.15, 0.2) is 16.8 Å². The average molecular weight is 574 g/mol. The van der Waals surface area contributed by atoms with Crippen LogP contribution in [0.4, 0.5) is 0 Å². The minimum atomic E-state index is -0.885. The number of carbonyl (C=O) groups excluding carboxylic acids is 2. The predicted molar refractivity (Wildman–Crippen MR) is 155 cm³/mol. The van der Waals surface area contributed by atoms with Crippen molar-refractivity contribution in [1.82, 2.24) is 4.90 Å². The third-order valence-corrected chi connectivity index (χ3v) is 9.49. The largest absolute Gasteiger partial charge is 0.507 e. The zero-order valence-corrected chi connectivity index (χ0v) is 24.8. The molecule has 1 aromatic heterocycles. The molecule has 0 radical (unpaired) electrons. The molecule has 0 saturated carbocycles. The van der Waals surface area contributed by atoms with Crippen LogP contribution in [0.2, 0.25) is 0 Å². The molecule has 3 heterocycles. The van der Waals surface area contributed by atoms with E-state index in [9.17, 15) is 24.6 Å². The van der Waals surface area contributed by atoms with Crippen molar-refractivity contribution in [3.05, 3.63) is 85.8 Å². The molecule has 220 valence electrons. The van der Waals surface area contributed by atoms with E-state index in [1.54, 1.807) is 26.8 Å². The Kier molecular flexibility index (Phi) is 6.40. The van der Waals surface area contributed by atoms with Gasteiger partial charge in [0, 0.05) is 28.3 Å². The summed E-state index contributed by atoms with van der Waals surface area (Å²) in [7, 11) is 3.74. The third kappa shape index (κ3) is 3.87. The van der Waals surface area contributed by atoms with Crippen LogP contribution in [0.3, 0.4) is 0 Å². The third-order valence-electron chi connectivity index (χ3n) is 9.49. The Morgan fingerprint density at radius 1 is 1.05 bits per heavy atom. The summed E-state index contributed by atoms with van der Waals surface area (Å²) in [5, 5.41) is 22.7. The van der Waals surface area contributed by atoms with Crippen molar-refractivity contribution in [2.45, 2.75) is 76.6 Å². The van der Waals surface area contributed by atoms with Crippen LogP contribution in [0.25, 0.3) is 11.0 Å². The van der Waals surface area contributed by atoms with Gasteiger partial charge in [-0.3, -0.25) is 14.4 Å². The monoisotopic (exact) mass is 573 g/mol. The molecule has 3 aliphatic rings. The second kappa shape index (κ2) is 9.44. The van der Waals surface area contributed by atoms with Crippen molar-refractivity contribution < 1.29 is 33.7 Å². The number of carbonyl (C=O) groups is 2. The molecule has 2 saturated heterocycles. The van der Waals surface area contributed by atoms with Gasteiger partial charge in [0.1, 0.15) is 23.2 Å². The fraction of sp³-hybridized carbons (Fsp3) is 0.424. The van der Waals surface area contributed by atoms with Crippen LogP contribution in [-0.4, -0.2) is 64.6 Å². The SMILES string of the molecule is C/C=C/C1OC1(C)c1cc(=O)c2c(C)cc3c(c2o1)C(=O)c1c(ccc(C2CC(C)(N(C)C)C(O)C(C)O2)c1O)C3=O. The van der Waals surface area contributed by atoms with Gasteiger partial charge < -0.3 is 29.0 Å². The maximum Gasteiger partial charge on any atom is 0.202 e. The van der Waals surface area contributed by atoms with Gasteiger partial charge in [-0.1, -0.05) is 18.2 Å². The first-order valence-electron chi connectivity index (χ1n) is 14.1. The van der Waals surface area contributed by atoms with E-state index in [0.29, 0.717) is 17.5 Å². The van der Waals surface area contributed by atoms with Gasteiger partial charge in [-0.2, -0.15) is 0 Å². The quantitative estimate of drug-likeness (QED) is 0.271. The van der Waals surface area contributed by atoms with Crippen LogP contribution in [-0.2, 0) is 15.1 Å². The molecule has 9 nitrogen and oxygen atoms in total. The number of phenols is 1. The fourth-order valence-electron chi connectivity index (χ4n) is 6.57. The summed E-state index contributed by atoms with van der Waals surface area (Å²) in [4.78, 5) is 43.3. The number of phenolic OH excluding ortho intramolecular Hbond substituents is 1. The summed E-state index contributed by atoms with van der Waals surface area (Å²) in [6.45, 7) is 9.04. The molecule has 0 spiro atoms. The second-order valence-corrected chi connectivity index (χ2v) is 12.3. The average Bonchev–Trinajstić information content (AvgIpc) is 3.59. The number of allylic oxidation sites excluding steroid dienone is 1. The maximum atomic E-state index is 14.2. The molecule has 6 unspecified atom stereocenters. The summed E-state index contributed by atoms with van der Waals surface area (Å²) in [6.07, 6.45) is 1.76. The summed E-state index contributed by atoms with van der Waals surface area (Å²) >= 11 is 0. The number of aliphatic hydroxyl groups excluding tert-OH is 1. The lowest BCUT2D eigenvalue weighted by Crippen LogP contribution is -2.59. The van der Waals surface area contributed by atoms with Crippen molar-refractivity contribution in [3.63, 3.8) is 0 Å². The highest BCUT2D eigenvalue weighted by atomic mass is 16.6. The van der Waals surface area contributed by atoms with Crippen LogP contribution in [0.5, 0.6) is 5.75 Å². The van der Waals surface area contributed by atoms with E-state index < -0.39 is 41.0 Å². The number of hydrogen-bond acceptors (Lipinski definition) is 9. The summed E-state index contributed by atoms with van der Waals surface area (Å²) in [5.41, 5.74) is -1.08. The topological polar surface area (TPSA) is 130 Å². The number of aryl methyl sites for hydroxylation is 1. The number of aliphatic hydroxyl groups is 1. The number of hydrogen-bond donors (Lipinski definition) is 2. The molecule has 42 heavy (non-hydrogen) atoms. The van der Waals surface area contributed by atoms with Crippen LogP contribution < -0.4 is 5.43 Å². The Balaban J connectivity index is 1.52. The number of ketones is 2. The standard InChI is InChI=1S/C33H35NO8/c1-8-9-22-33(5,42-22)23-13-20(35)24-15(2)12-19-26(30(24)41-23)29(38)25-18(27(19)36)11-10-17(28(25)37)21-14-32(4,34(6)7)31(39)16(3)40-21/h8-13,16,21-22,31,37,39H,14H2,1-7H3/b9-8+. The van der Waals surface area contributed by atoms with Crippen molar-refractivity contribution in [3.8, 4) is 5.75 Å². The summed E-state index contributed by atoms with van der Waals surface area (Å²) in [6, 6.07) is 6.05. The molecule has 3 aromatic rings. The number of likely N-dealkylation sites (N-methyl/N-ethyl adjacent to an activating group) is 1. The molecule has 2 fully saturated rings. The number of rotatable bonds is 4. The van der Waals surface area contributed by atoms with E-state index in [1.165, 1.54) is 18.2 Å². The van der Waals surface area contributed by atoms with Crippen LogP contribution in [0, 0.1) is 6.92 Å². The number of aromatic hydroxyl groups is 1. The molecule has 2 N–H and O–H groups in total. The summed E-state index contributed by atoms with van der Waals surface area (Å²) < 4.78 is 18.2. The van der Waals surface area contributed by atoms with Crippen molar-refractivity contribution in [2.24, 2.45) is 0 Å². The van der Waals surface area contributed by atoms with Crippen LogP contribution in [0.15, 0.2) is 45.6 Å². The van der Waals surface area contributed by atoms with Crippen molar-refractivity contribution in [1.29, 1.82) is 0 Å². The first-order valence-corrected chi connectivity index (χ1v) is 14.1. The van der Waals surface area contributed by atoms with E-state index in [-0.39, 0.29) is 56.3 Å². The smallest absolute Gasteiger partial charge is 0.202 e. The highest BCUT2D eigenvalue weighted by molar-refractivity contribution is 6.32. The Hall–Kier alpha value is -3.63. The van der Waals surface area contributed by atoms with Gasteiger partial charge in [0.25, 0.3) is 0 Å². The molecule has 1 aliphatic carbocycles. The van der Waals surface area contributed by atoms with Crippen LogP contribution >= 0.6 is 0 Å². The fourth-order valence-corrected chi connectivity index (χ4v) is 6.57. The molecule has 2 aromatic carbocycles. The number of nitrogens with zero attached hydrogens (tertiary/aromatic N) is 1. The van der Waals surface area contributed by atoms with Gasteiger partial charge in [-0.25, -0.2) is 0 Å². The normalized spacial score (nSPS) is 30.7. The van der Waals surface area contributed by atoms with Crippen molar-refractivity contribution in [2.75, 3.05) is 14.1 Å². The predicted octanol–water partition coefficient (Wildman–Crippen LogP) is 4.30. The number of ether oxygens (including phenoxy) is 2. The molecule has 6 atom stereocenters. The molecule has 6 rings (SSSR count). The highest BCUT2D eigenvalue weighted by Gasteiger charge is 2.55. The molecule has 0 bridgehead atoms. The first-order chi connectivity index (χ1) is 19.7. The lowest BCUT2D eigenvalue weighted by Gasteiger charge is -2.49. The Morgan fingerprint density at radius 2 is 1.76 bits per heavy atom. The van der Waals surface area contributed by atoms with E-state index >= 15 is 0 Å². The molecule has 0 amide bonds. The molecule has 9 heteroatoms. The highest BCUT2D eigenvalue weighted by Crippen LogP contribution is 2.49. The lowest BCUT2D eigenvalue weighted by molar-refractivity contribution is -0.176. The zero-order chi connectivity index (χ0) is 30.5. The molecule has 2 aliphatic heterocycles. The number of fused-ring (bicyclic) bond motifs is 4. The second-order valence-electron chi connectivity index (χ2n) is 12.3. The van der Waals surface area contributed by atoms with Gasteiger partial charge in [0.05, 0.1) is 34.8 Å². The van der Waals surface area contributed by atoms with Crippen LogP contribution in [0.1, 0.15) is 88.9 Å². The lowest BCUT2D eigenvalue weighted by atomic mass is 9.77. The maximum absolute atomic E-state index is 14.2. The number of benzene rings is 2. The molecular formula is C33H35NO8. The van der Waals surface area contributed by atoms with Crippen molar-refractivity contribution >= 4 is 22.5 Å². The Morgan fingerprint density at radius 3 is 2.43 bits per heavy atom. The van der Waals surface area contributed by atoms with E-state index in [4.69, 9.17) is 13.9 Å².